The molecule has 2 N–H and O–H groups in total. The van der Waals surface area contributed by atoms with Gasteiger partial charge >= 0.3 is 0 Å². The van der Waals surface area contributed by atoms with Crippen LogP contribution in [0, 0.1) is 5.92 Å². The van der Waals surface area contributed by atoms with Crippen LogP contribution in [0.4, 0.5) is 5.13 Å². The smallest absolute Gasteiger partial charge is 0.249 e. The monoisotopic (exact) mass is 408 g/mol. The predicted molar refractivity (Wildman–Crippen MR) is 118 cm³/mol. The summed E-state index contributed by atoms with van der Waals surface area (Å²) in [6.45, 7) is 4.24. The lowest BCUT2D eigenvalue weighted by atomic mass is 10.0. The lowest BCUT2D eigenvalue weighted by Gasteiger charge is -2.19. The minimum absolute atomic E-state index is 0.0450. The number of aromatic amines is 1. The van der Waals surface area contributed by atoms with E-state index in [1.807, 2.05) is 58.9 Å². The number of hydrogen-bond donors (Lipinski definition) is 2. The van der Waals surface area contributed by atoms with Gasteiger partial charge in [0.2, 0.25) is 5.91 Å². The normalized spacial score (nSPS) is 12.4. The molecule has 0 spiro atoms. The van der Waals surface area contributed by atoms with Gasteiger partial charge in [0.1, 0.15) is 11.8 Å². The zero-order valence-electron chi connectivity index (χ0n) is 16.7. The van der Waals surface area contributed by atoms with E-state index >= 15 is 0 Å². The number of fused-ring (bicyclic) bond motifs is 1. The Balaban J connectivity index is 1.57. The van der Waals surface area contributed by atoms with E-state index in [-0.39, 0.29) is 11.9 Å². The molecule has 0 radical (unpaired) electrons. The number of nitrogens with one attached hydrogen (secondary N) is 2. The number of anilines is 1. The third-order valence-electron chi connectivity index (χ3n) is 4.88. The molecule has 0 bridgehead atoms. The Labute approximate surface area is 173 Å². The highest BCUT2D eigenvalue weighted by atomic mass is 32.1. The number of rotatable bonds is 7. The van der Waals surface area contributed by atoms with Crippen LogP contribution in [0.25, 0.3) is 22.2 Å². The van der Waals surface area contributed by atoms with Gasteiger partial charge in [-0.1, -0.05) is 13.8 Å². The summed E-state index contributed by atoms with van der Waals surface area (Å²) in [6.07, 6.45) is 6.56. The summed E-state index contributed by atoms with van der Waals surface area (Å²) in [7, 11) is 1.66. The van der Waals surface area contributed by atoms with Crippen molar-refractivity contribution in [1.82, 2.24) is 14.5 Å². The Morgan fingerprint density at radius 3 is 2.83 bits per heavy atom. The van der Waals surface area contributed by atoms with Gasteiger partial charge in [0, 0.05) is 40.4 Å². The van der Waals surface area contributed by atoms with Crippen LogP contribution in [0.1, 0.15) is 26.3 Å². The van der Waals surface area contributed by atoms with Crippen LogP contribution >= 0.6 is 11.3 Å². The van der Waals surface area contributed by atoms with E-state index in [1.54, 1.807) is 7.11 Å². The second kappa shape index (κ2) is 8.13. The number of benzene rings is 1. The van der Waals surface area contributed by atoms with Crippen LogP contribution in [0.5, 0.6) is 5.75 Å². The number of hydrogen-bond acceptors (Lipinski definition) is 4. The van der Waals surface area contributed by atoms with E-state index in [4.69, 9.17) is 4.74 Å². The highest BCUT2D eigenvalue weighted by Gasteiger charge is 2.22. The number of carbonyl (C=O) groups excluding carboxylic acids is 1. The maximum absolute atomic E-state index is 13.0. The van der Waals surface area contributed by atoms with Crippen molar-refractivity contribution in [2.75, 3.05) is 12.4 Å². The van der Waals surface area contributed by atoms with Crippen molar-refractivity contribution in [1.29, 1.82) is 0 Å². The zero-order chi connectivity index (χ0) is 20.4. The van der Waals surface area contributed by atoms with E-state index in [9.17, 15) is 4.79 Å². The number of carbonyl (C=O) groups is 1. The summed E-state index contributed by atoms with van der Waals surface area (Å²) < 4.78 is 7.30. The van der Waals surface area contributed by atoms with Crippen LogP contribution in [0.15, 0.2) is 54.3 Å². The highest BCUT2D eigenvalue weighted by Crippen LogP contribution is 2.33. The van der Waals surface area contributed by atoms with Gasteiger partial charge in [-0.15, -0.1) is 11.3 Å². The summed E-state index contributed by atoms with van der Waals surface area (Å²) in [6, 6.07) is 9.52. The first-order valence-electron chi connectivity index (χ1n) is 9.59. The molecule has 1 atom stereocenters. The molecule has 7 heteroatoms. The Kier molecular flexibility index (Phi) is 5.40. The molecular weight excluding hydrogens is 384 g/mol. The lowest BCUT2D eigenvalue weighted by Crippen LogP contribution is -2.26. The van der Waals surface area contributed by atoms with Crippen LogP contribution < -0.4 is 10.1 Å². The molecule has 3 heterocycles. The van der Waals surface area contributed by atoms with Crippen molar-refractivity contribution in [3.05, 3.63) is 54.3 Å². The van der Waals surface area contributed by atoms with Crippen LogP contribution in [0.2, 0.25) is 0 Å². The van der Waals surface area contributed by atoms with Crippen molar-refractivity contribution in [3.8, 4) is 17.0 Å². The molecule has 3 aromatic heterocycles. The van der Waals surface area contributed by atoms with Gasteiger partial charge in [-0.3, -0.25) is 4.79 Å². The maximum Gasteiger partial charge on any atom is 0.249 e. The fraction of sp³-hybridized carbons (Fsp3) is 0.273. The molecule has 0 saturated carbocycles. The van der Waals surface area contributed by atoms with Crippen LogP contribution in [0.3, 0.4) is 0 Å². The molecule has 29 heavy (non-hydrogen) atoms. The molecule has 0 unspecified atom stereocenters. The molecule has 0 fully saturated rings. The average Bonchev–Trinajstić information content (AvgIpc) is 3.45. The van der Waals surface area contributed by atoms with Gasteiger partial charge < -0.3 is 19.6 Å². The fourth-order valence-electron chi connectivity index (χ4n) is 3.45. The summed E-state index contributed by atoms with van der Waals surface area (Å²) >= 11 is 1.43. The number of H-pyrrole nitrogens is 1. The van der Waals surface area contributed by atoms with Crippen molar-refractivity contribution in [2.45, 2.75) is 26.3 Å². The number of ether oxygens (including phenoxy) is 1. The first-order chi connectivity index (χ1) is 14.0. The first-order valence-corrected chi connectivity index (χ1v) is 10.5. The predicted octanol–water partition coefficient (Wildman–Crippen LogP) is 5.33. The van der Waals surface area contributed by atoms with Crippen molar-refractivity contribution < 1.29 is 9.53 Å². The standard InChI is InChI=1S/C22H24N4O2S/c1-14(2)10-20(26-8-4-5-9-26)21(27)25-22-24-19(13-29-22)17-12-23-18-7-6-15(28-3)11-16(17)18/h4-9,11-14,20,23H,10H2,1-3H3,(H,24,25,27)/t20-/m1/s1. The van der Waals surface area contributed by atoms with Crippen molar-refractivity contribution in [2.24, 2.45) is 5.92 Å². The zero-order valence-corrected chi connectivity index (χ0v) is 17.5. The number of nitrogens with zero attached hydrogens (tertiary/aromatic N) is 2. The summed E-state index contributed by atoms with van der Waals surface area (Å²) in [5.74, 6) is 1.16. The molecule has 1 amide bonds. The number of methoxy groups -OCH3 is 1. The fourth-order valence-corrected chi connectivity index (χ4v) is 4.16. The SMILES string of the molecule is COc1ccc2[nH]cc(-c3csc(NC(=O)[C@@H](CC(C)C)n4cccc4)n3)c2c1. The van der Waals surface area contributed by atoms with Crippen molar-refractivity contribution >= 4 is 33.3 Å². The summed E-state index contributed by atoms with van der Waals surface area (Å²) in [4.78, 5) is 20.9. The van der Waals surface area contributed by atoms with E-state index in [2.05, 4.69) is 29.1 Å². The largest absolute Gasteiger partial charge is 0.497 e. The molecule has 150 valence electrons. The summed E-state index contributed by atoms with van der Waals surface area (Å²) in [5, 5.41) is 6.60. The third-order valence-corrected chi connectivity index (χ3v) is 5.64. The van der Waals surface area contributed by atoms with E-state index in [0.29, 0.717) is 11.0 Å². The average molecular weight is 409 g/mol. The number of aromatic nitrogens is 3. The van der Waals surface area contributed by atoms with Crippen LogP contribution in [-0.4, -0.2) is 27.6 Å². The lowest BCUT2D eigenvalue weighted by molar-refractivity contribution is -0.119. The molecule has 4 aromatic rings. The minimum Gasteiger partial charge on any atom is -0.497 e. The quantitative estimate of drug-likeness (QED) is 0.434. The van der Waals surface area contributed by atoms with Gasteiger partial charge in [0.05, 0.1) is 12.8 Å². The number of amides is 1. The van der Waals surface area contributed by atoms with Gasteiger partial charge in [-0.2, -0.15) is 0 Å². The second-order valence-electron chi connectivity index (χ2n) is 7.42. The number of thiazole rings is 1. The molecule has 0 aliphatic heterocycles. The summed E-state index contributed by atoms with van der Waals surface area (Å²) in [5.41, 5.74) is 2.83. The van der Waals surface area contributed by atoms with Gasteiger partial charge in [-0.25, -0.2) is 4.98 Å². The highest BCUT2D eigenvalue weighted by molar-refractivity contribution is 7.14. The first kappa shape index (κ1) is 19.3. The molecule has 1 aromatic carbocycles. The Bertz CT molecular complexity index is 1110. The molecule has 0 aliphatic carbocycles. The van der Waals surface area contributed by atoms with E-state index < -0.39 is 0 Å². The molecule has 0 saturated heterocycles. The second-order valence-corrected chi connectivity index (χ2v) is 8.27. The Morgan fingerprint density at radius 2 is 2.10 bits per heavy atom. The Hall–Kier alpha value is -3.06. The molecule has 6 nitrogen and oxygen atoms in total. The molecular formula is C22H24N4O2S. The van der Waals surface area contributed by atoms with Gasteiger partial charge in [0.15, 0.2) is 5.13 Å². The van der Waals surface area contributed by atoms with Crippen molar-refractivity contribution in [3.63, 3.8) is 0 Å². The van der Waals surface area contributed by atoms with Gasteiger partial charge in [0.25, 0.3) is 0 Å². The van der Waals surface area contributed by atoms with E-state index in [1.165, 1.54) is 11.3 Å². The maximum atomic E-state index is 13.0. The van der Waals surface area contributed by atoms with E-state index in [0.717, 1.165) is 34.3 Å². The topological polar surface area (TPSA) is 71.9 Å². The van der Waals surface area contributed by atoms with Gasteiger partial charge in [-0.05, 0) is 42.7 Å². The van der Waals surface area contributed by atoms with Crippen LogP contribution in [-0.2, 0) is 4.79 Å². The third kappa shape index (κ3) is 4.05. The minimum atomic E-state index is -0.255. The molecule has 0 aliphatic rings. The Morgan fingerprint density at radius 1 is 1.31 bits per heavy atom. The molecule has 4 rings (SSSR count).